The molecule has 6 heteroatoms. The van der Waals surface area contributed by atoms with Crippen LogP contribution in [0.15, 0.2) is 48.6 Å². The Kier molecular flexibility index (Phi) is 43.9. The molecule has 1 atom stereocenters. The standard InChI is InChI=1S/C51H90O6/c1-4-7-10-13-16-18-20-22-24-26-28-30-32-35-38-41-44-50(53)56-47-48(46-55-49(52)43-40-37-34-15-12-9-6-3)57-51(54)45-42-39-36-33-31-29-27-25-23-21-19-17-14-11-8-5-2/h18-21,24-27,48H,4-17,22-23,28-47H2,1-3H3/b20-18-,21-19-,26-24-,27-25-. The molecule has 0 spiro atoms. The van der Waals surface area contributed by atoms with E-state index in [9.17, 15) is 14.4 Å². The van der Waals surface area contributed by atoms with Gasteiger partial charge in [0, 0.05) is 19.3 Å². The van der Waals surface area contributed by atoms with E-state index < -0.39 is 6.10 Å². The Morgan fingerprint density at radius 1 is 0.351 bits per heavy atom. The van der Waals surface area contributed by atoms with Crippen LogP contribution in [0, 0.1) is 0 Å². The summed E-state index contributed by atoms with van der Waals surface area (Å²) in [5.74, 6) is -0.916. The molecule has 0 bridgehead atoms. The Bertz CT molecular complexity index is 1010. The lowest BCUT2D eigenvalue weighted by atomic mass is 10.1. The zero-order valence-electron chi connectivity index (χ0n) is 37.6. The van der Waals surface area contributed by atoms with Crippen LogP contribution < -0.4 is 0 Å². The maximum Gasteiger partial charge on any atom is 0.306 e. The van der Waals surface area contributed by atoms with Crippen LogP contribution in [0.25, 0.3) is 0 Å². The summed E-state index contributed by atoms with van der Waals surface area (Å²) in [5.41, 5.74) is 0. The molecular formula is C51H90O6. The van der Waals surface area contributed by atoms with Crippen molar-refractivity contribution in [2.45, 2.75) is 245 Å². The van der Waals surface area contributed by atoms with Crippen molar-refractivity contribution in [1.29, 1.82) is 0 Å². The normalized spacial score (nSPS) is 12.4. The second-order valence-corrected chi connectivity index (χ2v) is 16.0. The molecule has 0 aromatic rings. The molecule has 6 nitrogen and oxygen atoms in total. The number of hydrogen-bond acceptors (Lipinski definition) is 6. The molecule has 0 aromatic carbocycles. The fourth-order valence-electron chi connectivity index (χ4n) is 6.62. The van der Waals surface area contributed by atoms with E-state index in [0.29, 0.717) is 19.3 Å². The van der Waals surface area contributed by atoms with Crippen molar-refractivity contribution >= 4 is 17.9 Å². The van der Waals surface area contributed by atoms with Crippen LogP contribution in [-0.2, 0) is 28.6 Å². The maximum atomic E-state index is 12.7. The molecule has 330 valence electrons. The number of ether oxygens (including phenoxy) is 3. The third-order valence-corrected chi connectivity index (χ3v) is 10.3. The van der Waals surface area contributed by atoms with E-state index in [-0.39, 0.29) is 31.1 Å². The zero-order chi connectivity index (χ0) is 41.5. The number of carbonyl (C=O) groups excluding carboxylic acids is 3. The van der Waals surface area contributed by atoms with Crippen molar-refractivity contribution in [3.8, 4) is 0 Å². The molecule has 0 saturated carbocycles. The summed E-state index contributed by atoms with van der Waals surface area (Å²) < 4.78 is 16.7. The molecule has 0 heterocycles. The molecule has 1 unspecified atom stereocenters. The largest absolute Gasteiger partial charge is 0.462 e. The van der Waals surface area contributed by atoms with E-state index in [4.69, 9.17) is 14.2 Å². The first kappa shape index (κ1) is 54.4. The molecule has 57 heavy (non-hydrogen) atoms. The first-order chi connectivity index (χ1) is 28.0. The number of hydrogen-bond donors (Lipinski definition) is 0. The van der Waals surface area contributed by atoms with Crippen molar-refractivity contribution in [2.24, 2.45) is 0 Å². The molecular weight excluding hydrogens is 709 g/mol. The van der Waals surface area contributed by atoms with Gasteiger partial charge in [-0.05, 0) is 83.5 Å². The summed E-state index contributed by atoms with van der Waals surface area (Å²) in [5, 5.41) is 0. The minimum Gasteiger partial charge on any atom is -0.462 e. The topological polar surface area (TPSA) is 78.9 Å². The van der Waals surface area contributed by atoms with Crippen LogP contribution in [0.4, 0.5) is 0 Å². The molecule has 0 rings (SSSR count). The van der Waals surface area contributed by atoms with Gasteiger partial charge in [0.2, 0.25) is 0 Å². The van der Waals surface area contributed by atoms with E-state index in [1.165, 1.54) is 96.3 Å². The monoisotopic (exact) mass is 799 g/mol. The Morgan fingerprint density at radius 2 is 0.632 bits per heavy atom. The predicted molar refractivity (Wildman–Crippen MR) is 242 cm³/mol. The fraction of sp³-hybridized carbons (Fsp3) is 0.784. The molecule has 0 aliphatic carbocycles. The van der Waals surface area contributed by atoms with Gasteiger partial charge in [0.15, 0.2) is 6.10 Å². The van der Waals surface area contributed by atoms with E-state index in [0.717, 1.165) is 103 Å². The van der Waals surface area contributed by atoms with Gasteiger partial charge in [-0.1, -0.05) is 185 Å². The Hall–Kier alpha value is -2.63. The highest BCUT2D eigenvalue weighted by atomic mass is 16.6. The number of allylic oxidation sites excluding steroid dienone is 8. The van der Waals surface area contributed by atoms with Crippen LogP contribution in [0.3, 0.4) is 0 Å². The van der Waals surface area contributed by atoms with Crippen molar-refractivity contribution in [2.75, 3.05) is 13.2 Å². The van der Waals surface area contributed by atoms with Gasteiger partial charge in [0.05, 0.1) is 0 Å². The first-order valence-electron chi connectivity index (χ1n) is 24.1. The first-order valence-corrected chi connectivity index (χ1v) is 24.1. The maximum absolute atomic E-state index is 12.7. The molecule has 0 radical (unpaired) electrons. The number of esters is 3. The highest BCUT2D eigenvalue weighted by Crippen LogP contribution is 2.13. The molecule has 0 aliphatic rings. The van der Waals surface area contributed by atoms with Crippen molar-refractivity contribution in [1.82, 2.24) is 0 Å². The smallest absolute Gasteiger partial charge is 0.306 e. The minimum absolute atomic E-state index is 0.0829. The Labute approximate surface area is 352 Å². The predicted octanol–water partition coefficient (Wildman–Crippen LogP) is 15.5. The van der Waals surface area contributed by atoms with Crippen LogP contribution in [0.5, 0.6) is 0 Å². The fourth-order valence-corrected chi connectivity index (χ4v) is 6.62. The van der Waals surface area contributed by atoms with Crippen LogP contribution in [0.2, 0.25) is 0 Å². The Balaban J connectivity index is 4.34. The van der Waals surface area contributed by atoms with Gasteiger partial charge in [-0.2, -0.15) is 0 Å². The van der Waals surface area contributed by atoms with Gasteiger partial charge in [0.1, 0.15) is 13.2 Å². The van der Waals surface area contributed by atoms with E-state index >= 15 is 0 Å². The van der Waals surface area contributed by atoms with E-state index in [1.54, 1.807) is 0 Å². The minimum atomic E-state index is -0.781. The highest BCUT2D eigenvalue weighted by Gasteiger charge is 2.19. The second-order valence-electron chi connectivity index (χ2n) is 16.0. The summed E-state index contributed by atoms with van der Waals surface area (Å²) in [6, 6.07) is 0. The summed E-state index contributed by atoms with van der Waals surface area (Å²) in [4.78, 5) is 37.7. The van der Waals surface area contributed by atoms with Crippen LogP contribution in [-0.4, -0.2) is 37.2 Å². The average Bonchev–Trinajstić information content (AvgIpc) is 3.21. The quantitative estimate of drug-likeness (QED) is 0.0265. The van der Waals surface area contributed by atoms with Crippen LogP contribution >= 0.6 is 0 Å². The van der Waals surface area contributed by atoms with E-state index in [2.05, 4.69) is 69.4 Å². The molecule has 0 N–H and O–H groups in total. The second kappa shape index (κ2) is 46.1. The SMILES string of the molecule is CCCCCC/C=C\C/C=C\CCCCCCCC(=O)OCC(COC(=O)CCCCCCCCC)OC(=O)CCCCCCC/C=C\C/C=C\CCCCCC. The zero-order valence-corrected chi connectivity index (χ0v) is 37.6. The lowest BCUT2D eigenvalue weighted by molar-refractivity contribution is -0.167. The lowest BCUT2D eigenvalue weighted by Crippen LogP contribution is -2.30. The average molecular weight is 799 g/mol. The molecule has 0 saturated heterocycles. The van der Waals surface area contributed by atoms with Gasteiger partial charge in [-0.3, -0.25) is 14.4 Å². The summed E-state index contributed by atoms with van der Waals surface area (Å²) in [6.45, 7) is 6.53. The summed E-state index contributed by atoms with van der Waals surface area (Å²) >= 11 is 0. The summed E-state index contributed by atoms with van der Waals surface area (Å²) in [7, 11) is 0. The lowest BCUT2D eigenvalue weighted by Gasteiger charge is -2.18. The molecule has 0 aromatic heterocycles. The Morgan fingerprint density at radius 3 is 0.982 bits per heavy atom. The van der Waals surface area contributed by atoms with Gasteiger partial charge >= 0.3 is 17.9 Å². The van der Waals surface area contributed by atoms with Gasteiger partial charge < -0.3 is 14.2 Å². The highest BCUT2D eigenvalue weighted by molar-refractivity contribution is 5.71. The third kappa shape index (κ3) is 44.3. The van der Waals surface area contributed by atoms with Crippen molar-refractivity contribution in [3.05, 3.63) is 48.6 Å². The summed E-state index contributed by atoms with van der Waals surface area (Å²) in [6.07, 6.45) is 53.9. The van der Waals surface area contributed by atoms with E-state index in [1.807, 2.05) is 0 Å². The number of rotatable bonds is 43. The molecule has 0 aliphatic heterocycles. The van der Waals surface area contributed by atoms with Gasteiger partial charge in [0.25, 0.3) is 0 Å². The number of unbranched alkanes of at least 4 members (excludes halogenated alkanes) is 24. The third-order valence-electron chi connectivity index (χ3n) is 10.3. The van der Waals surface area contributed by atoms with Gasteiger partial charge in [-0.15, -0.1) is 0 Å². The van der Waals surface area contributed by atoms with Crippen molar-refractivity contribution < 1.29 is 28.6 Å². The number of carbonyl (C=O) groups is 3. The molecule has 0 fully saturated rings. The van der Waals surface area contributed by atoms with Crippen molar-refractivity contribution in [3.63, 3.8) is 0 Å². The van der Waals surface area contributed by atoms with Crippen LogP contribution in [0.1, 0.15) is 239 Å². The van der Waals surface area contributed by atoms with Gasteiger partial charge in [-0.25, -0.2) is 0 Å². The molecule has 0 amide bonds.